The molecule has 2 aromatic heterocycles. The maximum Gasteiger partial charge on any atom is 0.234 e. The van der Waals surface area contributed by atoms with Crippen molar-refractivity contribution in [2.75, 3.05) is 26.3 Å². The van der Waals surface area contributed by atoms with Crippen molar-refractivity contribution in [3.8, 4) is 0 Å². The van der Waals surface area contributed by atoms with Gasteiger partial charge < -0.3 is 4.74 Å². The number of hydrogen-bond acceptors (Lipinski definition) is 6. The molecule has 0 spiro atoms. The summed E-state index contributed by atoms with van der Waals surface area (Å²) in [6.45, 7) is 4.27. The van der Waals surface area contributed by atoms with E-state index in [9.17, 15) is 0 Å². The number of nitrogens with zero attached hydrogens (tertiary/aromatic N) is 5. The van der Waals surface area contributed by atoms with E-state index in [0.29, 0.717) is 0 Å². The average Bonchev–Trinajstić information content (AvgIpc) is 3.18. The van der Waals surface area contributed by atoms with E-state index in [2.05, 4.69) is 45.4 Å². The van der Waals surface area contributed by atoms with Crippen molar-refractivity contribution in [2.45, 2.75) is 25.8 Å². The number of ether oxygens (including phenoxy) is 1. The minimum Gasteiger partial charge on any atom is -0.379 e. The maximum atomic E-state index is 5.39. The van der Waals surface area contributed by atoms with Crippen LogP contribution in [0.4, 0.5) is 0 Å². The van der Waals surface area contributed by atoms with Gasteiger partial charge in [-0.3, -0.25) is 4.90 Å². The highest BCUT2D eigenvalue weighted by atomic mass is 32.1. The summed E-state index contributed by atoms with van der Waals surface area (Å²) in [6.07, 6.45) is 3.18. The number of morpholine rings is 1. The van der Waals surface area contributed by atoms with Crippen LogP contribution < -0.4 is 0 Å². The van der Waals surface area contributed by atoms with Gasteiger partial charge in [0.1, 0.15) is 5.01 Å². The van der Waals surface area contributed by atoms with Crippen LogP contribution >= 0.6 is 11.3 Å². The Balaban J connectivity index is 1.38. The minimum absolute atomic E-state index is 0.789. The van der Waals surface area contributed by atoms with Gasteiger partial charge in [-0.2, -0.15) is 9.61 Å². The Bertz CT molecular complexity index is 779. The third kappa shape index (κ3) is 3.63. The second kappa shape index (κ2) is 7.38. The average molecular weight is 343 g/mol. The predicted molar refractivity (Wildman–Crippen MR) is 93.2 cm³/mol. The highest BCUT2D eigenvalue weighted by Crippen LogP contribution is 2.17. The van der Waals surface area contributed by atoms with Gasteiger partial charge in [-0.25, -0.2) is 0 Å². The fourth-order valence-corrected chi connectivity index (χ4v) is 3.84. The van der Waals surface area contributed by atoms with Crippen LogP contribution in [-0.2, 0) is 24.1 Å². The summed E-state index contributed by atoms with van der Waals surface area (Å²) in [5.74, 6) is 0.928. The van der Waals surface area contributed by atoms with Crippen LogP contribution in [0.25, 0.3) is 4.96 Å². The lowest BCUT2D eigenvalue weighted by Crippen LogP contribution is -2.36. The summed E-state index contributed by atoms with van der Waals surface area (Å²) < 4.78 is 7.31. The van der Waals surface area contributed by atoms with Crippen LogP contribution in [0.1, 0.15) is 22.8 Å². The Hall–Kier alpha value is -1.83. The molecule has 24 heavy (non-hydrogen) atoms. The molecule has 126 valence electrons. The molecular formula is C17H21N5OS. The molecule has 0 N–H and O–H groups in total. The van der Waals surface area contributed by atoms with E-state index in [-0.39, 0.29) is 0 Å². The molecule has 1 aliphatic rings. The number of aromatic nitrogens is 4. The monoisotopic (exact) mass is 343 g/mol. The van der Waals surface area contributed by atoms with Crippen molar-refractivity contribution < 1.29 is 4.74 Å². The van der Waals surface area contributed by atoms with Gasteiger partial charge in [-0.05, 0) is 18.4 Å². The second-order valence-electron chi connectivity index (χ2n) is 6.03. The smallest absolute Gasteiger partial charge is 0.234 e. The number of hydrogen-bond donors (Lipinski definition) is 0. The number of aryl methyl sites for hydroxylation is 2. The molecule has 0 saturated carbocycles. The van der Waals surface area contributed by atoms with Crippen LogP contribution in [0.5, 0.6) is 0 Å². The van der Waals surface area contributed by atoms with Crippen molar-refractivity contribution in [1.82, 2.24) is 24.7 Å². The number of rotatable bonds is 6. The zero-order valence-corrected chi connectivity index (χ0v) is 14.4. The van der Waals surface area contributed by atoms with E-state index in [4.69, 9.17) is 9.84 Å². The van der Waals surface area contributed by atoms with Gasteiger partial charge >= 0.3 is 0 Å². The Morgan fingerprint density at radius 2 is 1.88 bits per heavy atom. The molecular weight excluding hydrogens is 322 g/mol. The summed E-state index contributed by atoms with van der Waals surface area (Å²) in [7, 11) is 0. The van der Waals surface area contributed by atoms with Crippen LogP contribution in [0.2, 0.25) is 0 Å². The van der Waals surface area contributed by atoms with E-state index in [1.807, 2.05) is 4.52 Å². The van der Waals surface area contributed by atoms with Crippen molar-refractivity contribution in [1.29, 1.82) is 0 Å². The van der Waals surface area contributed by atoms with Crippen molar-refractivity contribution in [3.63, 3.8) is 0 Å². The van der Waals surface area contributed by atoms with Crippen LogP contribution in [0, 0.1) is 0 Å². The highest BCUT2D eigenvalue weighted by molar-refractivity contribution is 7.16. The first kappa shape index (κ1) is 15.7. The third-order valence-electron chi connectivity index (χ3n) is 4.26. The van der Waals surface area contributed by atoms with Gasteiger partial charge in [-0.1, -0.05) is 41.7 Å². The molecule has 6 nitrogen and oxygen atoms in total. The maximum absolute atomic E-state index is 5.39. The lowest BCUT2D eigenvalue weighted by atomic mass is 10.1. The van der Waals surface area contributed by atoms with E-state index >= 15 is 0 Å². The molecule has 0 aliphatic carbocycles. The van der Waals surface area contributed by atoms with E-state index in [1.165, 1.54) is 5.56 Å². The standard InChI is InChI=1S/C17H21N5OS/c1-2-5-14(6-3-1)7-4-8-16-20-22-15(18-19-17(22)24-16)13-21-9-11-23-12-10-21/h1-3,5-6H,4,7-13H2. The molecule has 1 fully saturated rings. The summed E-state index contributed by atoms with van der Waals surface area (Å²) in [4.78, 5) is 3.24. The third-order valence-corrected chi connectivity index (χ3v) is 5.22. The Labute approximate surface area is 145 Å². The van der Waals surface area contributed by atoms with Gasteiger partial charge in [0.2, 0.25) is 4.96 Å². The molecule has 4 rings (SSSR count). The lowest BCUT2D eigenvalue weighted by molar-refractivity contribution is 0.0328. The molecule has 0 atom stereocenters. The molecule has 7 heteroatoms. The first-order valence-electron chi connectivity index (χ1n) is 8.42. The van der Waals surface area contributed by atoms with E-state index < -0.39 is 0 Å². The van der Waals surface area contributed by atoms with Gasteiger partial charge in [0, 0.05) is 19.5 Å². The quantitative estimate of drug-likeness (QED) is 0.687. The Kier molecular flexibility index (Phi) is 4.82. The van der Waals surface area contributed by atoms with Crippen LogP contribution in [0.3, 0.4) is 0 Å². The van der Waals surface area contributed by atoms with E-state index in [1.54, 1.807) is 11.3 Å². The molecule has 0 bridgehead atoms. The Morgan fingerprint density at radius 1 is 1.04 bits per heavy atom. The molecule has 3 aromatic rings. The molecule has 1 saturated heterocycles. The van der Waals surface area contributed by atoms with Crippen molar-refractivity contribution in [2.24, 2.45) is 0 Å². The van der Waals surface area contributed by atoms with Crippen LogP contribution in [0.15, 0.2) is 30.3 Å². The van der Waals surface area contributed by atoms with Gasteiger partial charge in [0.05, 0.1) is 19.8 Å². The van der Waals surface area contributed by atoms with Gasteiger partial charge in [0.15, 0.2) is 5.82 Å². The molecule has 0 radical (unpaired) electrons. The molecule has 3 heterocycles. The largest absolute Gasteiger partial charge is 0.379 e. The summed E-state index contributed by atoms with van der Waals surface area (Å²) in [5.41, 5.74) is 1.38. The van der Waals surface area contributed by atoms with Crippen LogP contribution in [-0.4, -0.2) is 51.0 Å². The normalized spacial score (nSPS) is 16.0. The zero-order valence-electron chi connectivity index (χ0n) is 13.6. The Morgan fingerprint density at radius 3 is 2.71 bits per heavy atom. The van der Waals surface area contributed by atoms with Crippen molar-refractivity contribution in [3.05, 3.63) is 46.7 Å². The molecule has 1 aromatic carbocycles. The van der Waals surface area contributed by atoms with E-state index in [0.717, 1.165) is 67.9 Å². The first-order chi connectivity index (χ1) is 11.9. The fraction of sp³-hybridized carbons (Fsp3) is 0.471. The number of fused-ring (bicyclic) bond motifs is 1. The lowest BCUT2D eigenvalue weighted by Gasteiger charge is -2.25. The summed E-state index contributed by atoms with van der Waals surface area (Å²) in [6, 6.07) is 10.6. The minimum atomic E-state index is 0.789. The predicted octanol–water partition coefficient (Wildman–Crippen LogP) is 2.19. The van der Waals surface area contributed by atoms with Crippen molar-refractivity contribution >= 4 is 16.3 Å². The van der Waals surface area contributed by atoms with Gasteiger partial charge in [-0.15, -0.1) is 10.2 Å². The first-order valence-corrected chi connectivity index (χ1v) is 9.24. The highest BCUT2D eigenvalue weighted by Gasteiger charge is 2.16. The fourth-order valence-electron chi connectivity index (χ4n) is 2.94. The summed E-state index contributed by atoms with van der Waals surface area (Å²) in [5, 5.41) is 14.4. The number of benzene rings is 1. The molecule has 0 amide bonds. The second-order valence-corrected chi connectivity index (χ2v) is 7.07. The molecule has 0 unspecified atom stereocenters. The topological polar surface area (TPSA) is 55.5 Å². The van der Waals surface area contributed by atoms with Gasteiger partial charge in [0.25, 0.3) is 0 Å². The summed E-state index contributed by atoms with van der Waals surface area (Å²) >= 11 is 1.65. The molecule has 1 aliphatic heterocycles. The zero-order chi connectivity index (χ0) is 16.2. The SMILES string of the molecule is c1ccc(CCCc2nn3c(CN4CCOCC4)nnc3s2)cc1.